The van der Waals surface area contributed by atoms with Gasteiger partial charge >= 0.3 is 13.8 Å². The number of aryl methyl sites for hydroxylation is 1. The van der Waals surface area contributed by atoms with E-state index in [-0.39, 0.29) is 59.9 Å². The number of hydrogen-bond acceptors (Lipinski definition) is 12. The van der Waals surface area contributed by atoms with Crippen molar-refractivity contribution in [3.05, 3.63) is 64.7 Å². The van der Waals surface area contributed by atoms with Crippen LogP contribution in [0.3, 0.4) is 0 Å². The first-order chi connectivity index (χ1) is 23.3. The SMILES string of the molecule is CCOP(=O)(Cc1ccc(Nc2ncc(C(F)(F)F)c(Nc3ccc(-c4cn(CCCO)nc4Cl)nc3C(=O)NC)n2)c(OC)c1)OCC. The van der Waals surface area contributed by atoms with Gasteiger partial charge in [0.15, 0.2) is 10.8 Å². The highest BCUT2D eigenvalue weighted by molar-refractivity contribution is 7.53. The van der Waals surface area contributed by atoms with Crippen molar-refractivity contribution in [1.29, 1.82) is 0 Å². The molecule has 0 unspecified atom stereocenters. The van der Waals surface area contributed by atoms with Crippen molar-refractivity contribution in [3.8, 4) is 17.0 Å². The average molecular weight is 727 g/mol. The van der Waals surface area contributed by atoms with E-state index >= 15 is 0 Å². The van der Waals surface area contributed by atoms with Gasteiger partial charge in [0.2, 0.25) is 5.95 Å². The first-order valence-electron chi connectivity index (χ1n) is 14.9. The van der Waals surface area contributed by atoms with Gasteiger partial charge in [-0.1, -0.05) is 17.7 Å². The number of aromatic nitrogens is 5. The number of methoxy groups -OCH3 is 1. The van der Waals surface area contributed by atoms with Crippen molar-refractivity contribution in [2.75, 3.05) is 44.6 Å². The summed E-state index contributed by atoms with van der Waals surface area (Å²) in [6, 6.07) is 7.61. The van der Waals surface area contributed by atoms with Gasteiger partial charge in [0.25, 0.3) is 5.91 Å². The Bertz CT molecular complexity index is 1820. The molecule has 14 nitrogen and oxygen atoms in total. The molecule has 4 rings (SSSR count). The number of carbonyl (C=O) groups excluding carboxylic acids is 1. The van der Waals surface area contributed by atoms with Crippen molar-refractivity contribution in [2.24, 2.45) is 0 Å². The number of alkyl halides is 3. The molecular weight excluding hydrogens is 692 g/mol. The molecule has 0 fully saturated rings. The molecule has 0 saturated carbocycles. The predicted octanol–water partition coefficient (Wildman–Crippen LogP) is 6.41. The van der Waals surface area contributed by atoms with Crippen LogP contribution in [0.1, 0.15) is 41.9 Å². The molecule has 49 heavy (non-hydrogen) atoms. The van der Waals surface area contributed by atoms with E-state index in [1.54, 1.807) is 38.2 Å². The second kappa shape index (κ2) is 16.4. The first-order valence-corrected chi connectivity index (χ1v) is 17.1. The normalized spacial score (nSPS) is 11.8. The molecule has 0 aliphatic carbocycles. The van der Waals surface area contributed by atoms with E-state index in [1.807, 2.05) is 0 Å². The van der Waals surface area contributed by atoms with Crippen LogP contribution < -0.4 is 20.7 Å². The molecule has 3 heterocycles. The second-order valence-electron chi connectivity index (χ2n) is 10.2. The van der Waals surface area contributed by atoms with E-state index in [2.05, 4.69) is 36.0 Å². The van der Waals surface area contributed by atoms with E-state index in [1.165, 1.54) is 31.0 Å². The number of rotatable bonds is 16. The monoisotopic (exact) mass is 726 g/mol. The van der Waals surface area contributed by atoms with Crippen LogP contribution in [0.25, 0.3) is 11.3 Å². The van der Waals surface area contributed by atoms with Gasteiger partial charge in [0.05, 0.1) is 49.1 Å². The van der Waals surface area contributed by atoms with Gasteiger partial charge < -0.3 is 34.8 Å². The third kappa shape index (κ3) is 9.45. The summed E-state index contributed by atoms with van der Waals surface area (Å²) in [4.78, 5) is 25.2. The van der Waals surface area contributed by atoms with Gasteiger partial charge in [-0.15, -0.1) is 0 Å². The molecule has 0 spiro atoms. The van der Waals surface area contributed by atoms with Gasteiger partial charge in [-0.2, -0.15) is 23.3 Å². The maximum Gasteiger partial charge on any atom is 0.421 e. The molecule has 1 amide bonds. The number of aliphatic hydroxyl groups is 1. The summed E-state index contributed by atoms with van der Waals surface area (Å²) in [5.74, 6) is -1.33. The van der Waals surface area contributed by atoms with Crippen LogP contribution in [-0.2, 0) is 32.5 Å². The zero-order valence-electron chi connectivity index (χ0n) is 27.0. The lowest BCUT2D eigenvalue weighted by Crippen LogP contribution is -2.21. The molecule has 0 radical (unpaired) electrons. The van der Waals surface area contributed by atoms with E-state index in [4.69, 9.17) is 30.5 Å². The Labute approximate surface area is 284 Å². The van der Waals surface area contributed by atoms with Gasteiger partial charge in [-0.05, 0) is 50.1 Å². The number of anilines is 4. The van der Waals surface area contributed by atoms with Crippen LogP contribution in [0, 0.1) is 0 Å². The Hall–Kier alpha value is -4.28. The minimum Gasteiger partial charge on any atom is -0.495 e. The fourth-order valence-electron chi connectivity index (χ4n) is 4.59. The number of amides is 1. The number of nitrogens with zero attached hydrogens (tertiary/aromatic N) is 5. The summed E-state index contributed by atoms with van der Waals surface area (Å²) < 4.78 is 73.1. The molecule has 0 atom stereocenters. The standard InChI is InChI=1S/C30H35ClF3N8O6P/c1-5-47-49(45,48-6-2)17-18-8-9-22(24(14-18)46-4)39-29-36-15-20(30(32,33)34)27(40-29)38-23-11-10-21(37-25(23)28(44)35-3)19-16-42(12-7-13-43)41-26(19)31/h8-11,14-16,43H,5-7,12-13,17H2,1-4H3,(H,35,44)(H2,36,38,39,40). The van der Waals surface area contributed by atoms with E-state index in [0.29, 0.717) is 36.0 Å². The minimum atomic E-state index is -4.87. The van der Waals surface area contributed by atoms with Crippen LogP contribution >= 0.6 is 19.2 Å². The van der Waals surface area contributed by atoms with Crippen molar-refractivity contribution >= 4 is 48.2 Å². The van der Waals surface area contributed by atoms with Crippen molar-refractivity contribution in [1.82, 2.24) is 30.0 Å². The summed E-state index contributed by atoms with van der Waals surface area (Å²) in [7, 11) is -0.688. The van der Waals surface area contributed by atoms with Crippen molar-refractivity contribution in [3.63, 3.8) is 0 Å². The number of aliphatic hydroxyl groups excluding tert-OH is 1. The molecular formula is C30H35ClF3N8O6P. The highest BCUT2D eigenvalue weighted by Gasteiger charge is 2.36. The number of nitrogens with one attached hydrogen (secondary N) is 3. The Balaban J connectivity index is 1.68. The maximum atomic E-state index is 14.1. The lowest BCUT2D eigenvalue weighted by Gasteiger charge is -2.19. The number of pyridine rings is 1. The van der Waals surface area contributed by atoms with E-state index in [0.717, 1.165) is 0 Å². The third-order valence-electron chi connectivity index (χ3n) is 6.76. The highest BCUT2D eigenvalue weighted by Crippen LogP contribution is 2.51. The van der Waals surface area contributed by atoms with Gasteiger partial charge in [-0.25, -0.2) is 9.97 Å². The Morgan fingerprint density at radius 2 is 1.80 bits per heavy atom. The van der Waals surface area contributed by atoms with Crippen molar-refractivity contribution in [2.45, 2.75) is 39.2 Å². The van der Waals surface area contributed by atoms with Crippen LogP contribution in [0.4, 0.5) is 36.3 Å². The molecule has 3 aromatic heterocycles. The molecule has 0 saturated heterocycles. The summed E-state index contributed by atoms with van der Waals surface area (Å²) in [6.45, 7) is 4.10. The fraction of sp³-hybridized carbons (Fsp3) is 0.367. The van der Waals surface area contributed by atoms with Crippen LogP contribution in [-0.4, -0.2) is 69.7 Å². The molecule has 0 aliphatic rings. The molecule has 19 heteroatoms. The first kappa shape index (κ1) is 37.5. The fourth-order valence-corrected chi connectivity index (χ4v) is 6.52. The quantitative estimate of drug-likeness (QED) is 0.0936. The zero-order chi connectivity index (χ0) is 35.8. The summed E-state index contributed by atoms with van der Waals surface area (Å²) in [5, 5.41) is 21.2. The number of hydrogen-bond donors (Lipinski definition) is 4. The lowest BCUT2D eigenvalue weighted by molar-refractivity contribution is -0.137. The predicted molar refractivity (Wildman–Crippen MR) is 177 cm³/mol. The topological polar surface area (TPSA) is 175 Å². The average Bonchev–Trinajstić information content (AvgIpc) is 3.43. The summed E-state index contributed by atoms with van der Waals surface area (Å²) >= 11 is 6.30. The van der Waals surface area contributed by atoms with Gasteiger partial charge in [0.1, 0.15) is 17.1 Å². The van der Waals surface area contributed by atoms with Gasteiger partial charge in [0, 0.05) is 32.6 Å². The summed E-state index contributed by atoms with van der Waals surface area (Å²) in [5.41, 5.74) is -0.0543. The zero-order valence-corrected chi connectivity index (χ0v) is 28.6. The minimum absolute atomic E-state index is 0.0328. The molecule has 1 aromatic carbocycles. The van der Waals surface area contributed by atoms with Crippen molar-refractivity contribution < 1.29 is 41.4 Å². The number of ether oxygens (including phenoxy) is 1. The molecule has 264 valence electrons. The van der Waals surface area contributed by atoms with Crippen LogP contribution in [0.15, 0.2) is 42.7 Å². The van der Waals surface area contributed by atoms with Crippen LogP contribution in [0.5, 0.6) is 5.75 Å². The van der Waals surface area contributed by atoms with Crippen LogP contribution in [0.2, 0.25) is 5.15 Å². The van der Waals surface area contributed by atoms with E-state index in [9.17, 15) is 22.5 Å². The number of benzene rings is 1. The second-order valence-corrected chi connectivity index (χ2v) is 12.6. The molecule has 4 aromatic rings. The largest absolute Gasteiger partial charge is 0.495 e. The molecule has 0 aliphatic heterocycles. The Kier molecular flexibility index (Phi) is 12.6. The third-order valence-corrected chi connectivity index (χ3v) is 9.10. The summed E-state index contributed by atoms with van der Waals surface area (Å²) in [6.07, 6.45) is -2.29. The Morgan fingerprint density at radius 1 is 1.08 bits per heavy atom. The molecule has 4 N–H and O–H groups in total. The number of carbonyl (C=O) groups is 1. The molecule has 0 bridgehead atoms. The lowest BCUT2D eigenvalue weighted by atomic mass is 10.1. The Morgan fingerprint density at radius 3 is 2.43 bits per heavy atom. The van der Waals surface area contributed by atoms with Gasteiger partial charge in [-0.3, -0.25) is 14.0 Å². The number of halogens is 4. The smallest absolute Gasteiger partial charge is 0.421 e. The maximum absolute atomic E-state index is 14.1. The van der Waals surface area contributed by atoms with E-state index < -0.39 is 31.1 Å². The highest BCUT2D eigenvalue weighted by atomic mass is 35.5.